The van der Waals surface area contributed by atoms with Gasteiger partial charge < -0.3 is 15.3 Å². The molecule has 10 heteroatoms. The number of hydrogen-bond donors (Lipinski definition) is 2. The molecule has 0 spiro atoms. The van der Waals surface area contributed by atoms with Gasteiger partial charge >= 0.3 is 0 Å². The number of nitrogens with zero attached hydrogens (tertiary/aromatic N) is 6. The number of aromatic nitrogens is 5. The Morgan fingerprint density at radius 1 is 1.36 bits per heavy atom. The molecule has 10 nitrogen and oxygen atoms in total. The Morgan fingerprint density at radius 2 is 2.24 bits per heavy atom. The molecule has 3 heterocycles. The van der Waals surface area contributed by atoms with E-state index in [0.29, 0.717) is 25.2 Å². The number of amides is 2. The van der Waals surface area contributed by atoms with Crippen molar-refractivity contribution in [1.82, 2.24) is 35.4 Å². The number of hydrogen-bond acceptors (Lipinski definition) is 7. The van der Waals surface area contributed by atoms with Crippen LogP contribution in [0, 0.1) is 0 Å². The van der Waals surface area contributed by atoms with Crippen LogP contribution in [-0.4, -0.2) is 72.2 Å². The van der Waals surface area contributed by atoms with Crippen molar-refractivity contribution in [2.45, 2.75) is 31.5 Å². The second-order valence-electron chi connectivity index (χ2n) is 5.81. The van der Waals surface area contributed by atoms with Crippen molar-refractivity contribution in [3.05, 3.63) is 36.4 Å². The largest absolute Gasteiger partial charge is 0.389 e. The molecule has 0 bridgehead atoms. The first-order valence-corrected chi connectivity index (χ1v) is 8.02. The predicted octanol–water partition coefficient (Wildman–Crippen LogP) is -1.15. The van der Waals surface area contributed by atoms with E-state index in [1.165, 1.54) is 17.2 Å². The molecule has 2 aromatic rings. The second kappa shape index (κ2) is 7.79. The van der Waals surface area contributed by atoms with Crippen molar-refractivity contribution in [3.8, 4) is 0 Å². The SMILES string of the molecule is O=C(N[C@@H]1CCN(C(=O)CCn2cnnn2)C[C@H]1O)c1ccccn1. The number of aliphatic hydroxyl groups excluding tert-OH is 1. The van der Waals surface area contributed by atoms with E-state index in [9.17, 15) is 14.7 Å². The van der Waals surface area contributed by atoms with E-state index < -0.39 is 12.1 Å². The molecule has 2 amide bonds. The molecule has 0 aromatic carbocycles. The van der Waals surface area contributed by atoms with Crippen LogP contribution in [0.3, 0.4) is 0 Å². The Hall–Kier alpha value is -2.88. The maximum Gasteiger partial charge on any atom is 0.270 e. The van der Waals surface area contributed by atoms with Gasteiger partial charge in [-0.15, -0.1) is 5.10 Å². The van der Waals surface area contributed by atoms with Gasteiger partial charge in [-0.05, 0) is 29.0 Å². The Labute approximate surface area is 143 Å². The van der Waals surface area contributed by atoms with Crippen LogP contribution >= 0.6 is 0 Å². The maximum absolute atomic E-state index is 12.2. The van der Waals surface area contributed by atoms with Gasteiger partial charge in [0.2, 0.25) is 5.91 Å². The first kappa shape index (κ1) is 17.0. The van der Waals surface area contributed by atoms with E-state index in [1.54, 1.807) is 23.1 Å². The highest BCUT2D eigenvalue weighted by atomic mass is 16.3. The fourth-order valence-corrected chi connectivity index (χ4v) is 2.72. The summed E-state index contributed by atoms with van der Waals surface area (Å²) >= 11 is 0. The van der Waals surface area contributed by atoms with Crippen LogP contribution in [0.2, 0.25) is 0 Å². The smallest absolute Gasteiger partial charge is 0.270 e. The zero-order valence-corrected chi connectivity index (χ0v) is 13.5. The van der Waals surface area contributed by atoms with Crippen LogP contribution < -0.4 is 5.32 Å². The fourth-order valence-electron chi connectivity index (χ4n) is 2.72. The number of nitrogens with one attached hydrogen (secondary N) is 1. The standard InChI is InChI=1S/C15H19N7O3/c23-13-9-21(14(24)5-8-22-10-17-19-20-22)7-4-11(13)18-15(25)12-3-1-2-6-16-12/h1-3,6,10-11,13,23H,4-5,7-9H2,(H,18,25)/t11-,13-/m1/s1. The summed E-state index contributed by atoms with van der Waals surface area (Å²) in [5.74, 6) is -0.410. The normalized spacial score (nSPS) is 20.3. The molecule has 2 atom stereocenters. The zero-order valence-electron chi connectivity index (χ0n) is 13.5. The third-order valence-electron chi connectivity index (χ3n) is 4.09. The number of aryl methyl sites for hydroxylation is 1. The highest BCUT2D eigenvalue weighted by Crippen LogP contribution is 2.13. The average molecular weight is 345 g/mol. The number of piperidine rings is 1. The van der Waals surface area contributed by atoms with Gasteiger partial charge in [-0.2, -0.15) is 0 Å². The summed E-state index contributed by atoms with van der Waals surface area (Å²) in [6, 6.07) is 4.66. The molecule has 3 rings (SSSR count). The first-order valence-electron chi connectivity index (χ1n) is 8.02. The summed E-state index contributed by atoms with van der Waals surface area (Å²) in [4.78, 5) is 29.9. The Morgan fingerprint density at radius 3 is 2.92 bits per heavy atom. The monoisotopic (exact) mass is 345 g/mol. The summed E-state index contributed by atoms with van der Waals surface area (Å²) in [5, 5.41) is 23.8. The number of tetrazole rings is 1. The Balaban J connectivity index is 1.48. The Bertz CT molecular complexity index is 707. The lowest BCUT2D eigenvalue weighted by atomic mass is 10.0. The third kappa shape index (κ3) is 4.35. The van der Waals surface area contributed by atoms with Crippen LogP contribution in [0.4, 0.5) is 0 Å². The molecule has 0 unspecified atom stereocenters. The van der Waals surface area contributed by atoms with Gasteiger partial charge in [-0.3, -0.25) is 14.6 Å². The van der Waals surface area contributed by atoms with E-state index in [1.807, 2.05) is 0 Å². The van der Waals surface area contributed by atoms with E-state index in [0.717, 1.165) is 0 Å². The molecule has 1 saturated heterocycles. The molecular formula is C15H19N7O3. The van der Waals surface area contributed by atoms with Crippen LogP contribution in [0.25, 0.3) is 0 Å². The zero-order chi connectivity index (χ0) is 17.6. The van der Waals surface area contributed by atoms with E-state index >= 15 is 0 Å². The van der Waals surface area contributed by atoms with Crippen LogP contribution in [0.5, 0.6) is 0 Å². The minimum atomic E-state index is -0.821. The summed E-state index contributed by atoms with van der Waals surface area (Å²) in [6.45, 7) is 1.04. The van der Waals surface area contributed by atoms with Gasteiger partial charge in [0.15, 0.2) is 0 Å². The molecule has 0 saturated carbocycles. The van der Waals surface area contributed by atoms with E-state index in [2.05, 4.69) is 25.8 Å². The number of likely N-dealkylation sites (tertiary alicyclic amines) is 1. The average Bonchev–Trinajstić information content (AvgIpc) is 3.15. The van der Waals surface area contributed by atoms with Crippen LogP contribution in [-0.2, 0) is 11.3 Å². The van der Waals surface area contributed by atoms with Crippen LogP contribution in [0.15, 0.2) is 30.7 Å². The quantitative estimate of drug-likeness (QED) is 0.700. The minimum absolute atomic E-state index is 0.0796. The van der Waals surface area contributed by atoms with Crippen molar-refractivity contribution in [1.29, 1.82) is 0 Å². The lowest BCUT2D eigenvalue weighted by molar-refractivity contribution is -0.135. The number of pyridine rings is 1. The second-order valence-corrected chi connectivity index (χ2v) is 5.81. The van der Waals surface area contributed by atoms with Gasteiger partial charge in [0.25, 0.3) is 5.91 Å². The highest BCUT2D eigenvalue weighted by Gasteiger charge is 2.31. The minimum Gasteiger partial charge on any atom is -0.389 e. The highest BCUT2D eigenvalue weighted by molar-refractivity contribution is 5.92. The summed E-state index contributed by atoms with van der Waals surface area (Å²) in [5.41, 5.74) is 0.301. The third-order valence-corrected chi connectivity index (χ3v) is 4.09. The van der Waals surface area contributed by atoms with Gasteiger partial charge in [-0.25, -0.2) is 4.68 Å². The van der Waals surface area contributed by atoms with Crippen molar-refractivity contribution >= 4 is 11.8 Å². The molecule has 0 aliphatic carbocycles. The molecule has 2 N–H and O–H groups in total. The molecule has 1 fully saturated rings. The molecule has 132 valence electrons. The van der Waals surface area contributed by atoms with Crippen molar-refractivity contribution < 1.29 is 14.7 Å². The summed E-state index contributed by atoms with van der Waals surface area (Å²) < 4.78 is 1.48. The van der Waals surface area contributed by atoms with Crippen molar-refractivity contribution in [2.75, 3.05) is 13.1 Å². The number of β-amino-alcohol motifs (C(OH)–C–C–N with tert-alkyl or cyclic N) is 1. The molecule has 2 aromatic heterocycles. The van der Waals surface area contributed by atoms with Gasteiger partial charge in [0, 0.05) is 25.7 Å². The Kier molecular flexibility index (Phi) is 5.29. The van der Waals surface area contributed by atoms with Crippen molar-refractivity contribution in [2.24, 2.45) is 0 Å². The van der Waals surface area contributed by atoms with E-state index in [-0.39, 0.29) is 24.8 Å². The topological polar surface area (TPSA) is 126 Å². The molecular weight excluding hydrogens is 326 g/mol. The molecule has 0 radical (unpaired) electrons. The molecule has 25 heavy (non-hydrogen) atoms. The van der Waals surface area contributed by atoms with Gasteiger partial charge in [0.1, 0.15) is 12.0 Å². The summed E-state index contributed by atoms with van der Waals surface area (Å²) in [6.07, 6.45) is 2.90. The lowest BCUT2D eigenvalue weighted by Crippen LogP contribution is -2.55. The van der Waals surface area contributed by atoms with E-state index in [4.69, 9.17) is 0 Å². The van der Waals surface area contributed by atoms with Gasteiger partial charge in [0.05, 0.1) is 18.7 Å². The predicted molar refractivity (Wildman–Crippen MR) is 85.1 cm³/mol. The van der Waals surface area contributed by atoms with Gasteiger partial charge in [-0.1, -0.05) is 6.07 Å². The first-order chi connectivity index (χ1) is 12.1. The molecule has 1 aliphatic rings. The number of rotatable bonds is 5. The van der Waals surface area contributed by atoms with Crippen molar-refractivity contribution in [3.63, 3.8) is 0 Å². The number of aliphatic hydroxyl groups is 1. The number of carbonyl (C=O) groups excluding carboxylic acids is 2. The summed E-state index contributed by atoms with van der Waals surface area (Å²) in [7, 11) is 0. The fraction of sp³-hybridized carbons (Fsp3) is 0.467. The lowest BCUT2D eigenvalue weighted by Gasteiger charge is -2.36. The van der Waals surface area contributed by atoms with Crippen LogP contribution in [0.1, 0.15) is 23.3 Å². The molecule has 1 aliphatic heterocycles. The maximum atomic E-state index is 12.2. The number of carbonyl (C=O) groups is 2.